The molecule has 5 heteroatoms. The van der Waals surface area contributed by atoms with Gasteiger partial charge in [0, 0.05) is 29.2 Å². The molecule has 0 saturated carbocycles. The van der Waals surface area contributed by atoms with Crippen LogP contribution in [0.4, 0.5) is 5.69 Å². The summed E-state index contributed by atoms with van der Waals surface area (Å²) in [6.07, 6.45) is 8.02. The Bertz CT molecular complexity index is 780. The van der Waals surface area contributed by atoms with E-state index in [4.69, 9.17) is 0 Å². The van der Waals surface area contributed by atoms with Crippen LogP contribution in [0.5, 0.6) is 0 Å². The molecule has 0 spiro atoms. The quantitative estimate of drug-likeness (QED) is 0.867. The fraction of sp³-hybridized carbons (Fsp3) is 0.429. The van der Waals surface area contributed by atoms with Gasteiger partial charge in [0.1, 0.15) is 0 Å². The van der Waals surface area contributed by atoms with Crippen molar-refractivity contribution in [2.45, 2.75) is 44.9 Å². The molecule has 1 fully saturated rings. The highest BCUT2D eigenvalue weighted by molar-refractivity contribution is 7.14. The fourth-order valence-electron chi connectivity index (χ4n) is 3.77. The van der Waals surface area contributed by atoms with Crippen molar-refractivity contribution in [1.29, 1.82) is 0 Å². The van der Waals surface area contributed by atoms with E-state index >= 15 is 0 Å². The summed E-state index contributed by atoms with van der Waals surface area (Å²) in [6.45, 7) is 1.70. The molecule has 0 radical (unpaired) electrons. The number of benzene rings is 1. The predicted molar refractivity (Wildman–Crippen MR) is 105 cm³/mol. The Balaban J connectivity index is 1.41. The van der Waals surface area contributed by atoms with Crippen LogP contribution < -0.4 is 5.32 Å². The average molecular weight is 369 g/mol. The maximum Gasteiger partial charge on any atom is 0.265 e. The molecule has 2 aliphatic rings. The number of carbonyl (C=O) groups excluding carboxylic acids is 2. The summed E-state index contributed by atoms with van der Waals surface area (Å²) in [4.78, 5) is 29.1. The molecule has 136 valence electrons. The molecule has 2 aromatic rings. The number of rotatable bonds is 3. The second kappa shape index (κ2) is 7.62. The van der Waals surface area contributed by atoms with Crippen LogP contribution in [0.2, 0.25) is 0 Å². The average Bonchev–Trinajstić information content (AvgIpc) is 3.13. The minimum atomic E-state index is -0.0560. The predicted octanol–water partition coefficient (Wildman–Crippen LogP) is 4.51. The first kappa shape index (κ1) is 17.3. The van der Waals surface area contributed by atoms with Crippen LogP contribution in [0.1, 0.15) is 62.6 Å². The van der Waals surface area contributed by atoms with E-state index in [1.54, 1.807) is 11.3 Å². The highest BCUT2D eigenvalue weighted by Crippen LogP contribution is 2.30. The van der Waals surface area contributed by atoms with Gasteiger partial charge in [0.25, 0.3) is 11.8 Å². The summed E-state index contributed by atoms with van der Waals surface area (Å²) < 4.78 is 0. The van der Waals surface area contributed by atoms with E-state index in [-0.39, 0.29) is 11.8 Å². The first-order valence-corrected chi connectivity index (χ1v) is 10.3. The molecule has 1 saturated heterocycles. The van der Waals surface area contributed by atoms with Crippen LogP contribution in [0.25, 0.3) is 0 Å². The Kier molecular flexibility index (Phi) is 5.07. The van der Waals surface area contributed by atoms with Crippen LogP contribution in [0, 0.1) is 0 Å². The summed E-state index contributed by atoms with van der Waals surface area (Å²) in [5.74, 6) is 0.0352. The zero-order valence-corrected chi connectivity index (χ0v) is 15.7. The Morgan fingerprint density at radius 1 is 0.923 bits per heavy atom. The van der Waals surface area contributed by atoms with Gasteiger partial charge in [-0.1, -0.05) is 0 Å². The zero-order valence-electron chi connectivity index (χ0n) is 14.9. The topological polar surface area (TPSA) is 49.4 Å². The minimum Gasteiger partial charge on any atom is -0.339 e. The number of amides is 2. The lowest BCUT2D eigenvalue weighted by Crippen LogP contribution is -2.35. The molecule has 0 bridgehead atoms. The maximum atomic E-state index is 12.5. The van der Waals surface area contributed by atoms with Gasteiger partial charge in [-0.05, 0) is 80.8 Å². The third-order valence-electron chi connectivity index (χ3n) is 5.25. The Labute approximate surface area is 158 Å². The zero-order chi connectivity index (χ0) is 17.9. The van der Waals surface area contributed by atoms with Crippen molar-refractivity contribution in [2.75, 3.05) is 18.4 Å². The van der Waals surface area contributed by atoms with Crippen molar-refractivity contribution in [1.82, 2.24) is 4.90 Å². The van der Waals surface area contributed by atoms with Crippen LogP contribution in [0.15, 0.2) is 30.3 Å². The van der Waals surface area contributed by atoms with Gasteiger partial charge in [-0.2, -0.15) is 0 Å². The molecule has 1 aliphatic carbocycles. The molecule has 0 unspecified atom stereocenters. The number of hydrogen-bond acceptors (Lipinski definition) is 3. The van der Waals surface area contributed by atoms with Gasteiger partial charge < -0.3 is 10.2 Å². The molecule has 0 atom stereocenters. The number of hydrogen-bond donors (Lipinski definition) is 1. The molecule has 2 amide bonds. The summed E-state index contributed by atoms with van der Waals surface area (Å²) >= 11 is 1.62. The van der Waals surface area contributed by atoms with Crippen LogP contribution in [-0.2, 0) is 12.8 Å². The van der Waals surface area contributed by atoms with Gasteiger partial charge in [0.15, 0.2) is 0 Å². The molecule has 4 nitrogen and oxygen atoms in total. The number of nitrogens with one attached hydrogen (secondary N) is 1. The Morgan fingerprint density at radius 3 is 2.38 bits per heavy atom. The fourth-order valence-corrected chi connectivity index (χ4v) is 4.92. The molecule has 1 aliphatic heterocycles. The van der Waals surface area contributed by atoms with E-state index in [1.165, 1.54) is 29.7 Å². The summed E-state index contributed by atoms with van der Waals surface area (Å²) in [5, 5.41) is 2.96. The minimum absolute atomic E-state index is 0.0560. The number of fused-ring (bicyclic) bond motifs is 1. The van der Waals surface area contributed by atoms with Crippen molar-refractivity contribution in [2.24, 2.45) is 0 Å². The van der Waals surface area contributed by atoms with Gasteiger partial charge in [-0.25, -0.2) is 0 Å². The van der Waals surface area contributed by atoms with E-state index < -0.39 is 0 Å². The normalized spacial score (nSPS) is 16.8. The Morgan fingerprint density at radius 2 is 1.65 bits per heavy atom. The summed E-state index contributed by atoms with van der Waals surface area (Å²) in [5.41, 5.74) is 2.77. The third-order valence-corrected chi connectivity index (χ3v) is 6.49. The maximum absolute atomic E-state index is 12.5. The number of likely N-dealkylation sites (tertiary alicyclic amines) is 1. The number of carbonyl (C=O) groups is 2. The van der Waals surface area contributed by atoms with Crippen molar-refractivity contribution >= 4 is 28.8 Å². The number of aryl methyl sites for hydroxylation is 2. The molecule has 26 heavy (non-hydrogen) atoms. The second-order valence-electron chi connectivity index (χ2n) is 7.15. The molecular formula is C21H24N2O2S. The van der Waals surface area contributed by atoms with Crippen LogP contribution in [-0.4, -0.2) is 29.8 Å². The van der Waals surface area contributed by atoms with Gasteiger partial charge >= 0.3 is 0 Å². The van der Waals surface area contributed by atoms with Crippen molar-refractivity contribution < 1.29 is 9.59 Å². The Hall–Kier alpha value is -2.14. The number of thiophene rings is 1. The monoisotopic (exact) mass is 368 g/mol. The van der Waals surface area contributed by atoms with Crippen LogP contribution >= 0.6 is 11.3 Å². The highest BCUT2D eigenvalue weighted by Gasteiger charge is 2.19. The van der Waals surface area contributed by atoms with E-state index in [0.29, 0.717) is 5.56 Å². The first-order valence-electron chi connectivity index (χ1n) is 9.53. The van der Waals surface area contributed by atoms with Gasteiger partial charge in [0.05, 0.1) is 4.88 Å². The largest absolute Gasteiger partial charge is 0.339 e. The van der Waals surface area contributed by atoms with Gasteiger partial charge in [-0.3, -0.25) is 9.59 Å². The van der Waals surface area contributed by atoms with E-state index in [0.717, 1.165) is 49.3 Å². The van der Waals surface area contributed by atoms with Crippen molar-refractivity contribution in [3.05, 3.63) is 51.2 Å². The second-order valence-corrected chi connectivity index (χ2v) is 8.29. The van der Waals surface area contributed by atoms with Gasteiger partial charge in [-0.15, -0.1) is 11.3 Å². The molecular weight excluding hydrogens is 344 g/mol. The van der Waals surface area contributed by atoms with E-state index in [9.17, 15) is 9.59 Å². The third kappa shape index (κ3) is 3.68. The lowest BCUT2D eigenvalue weighted by atomic mass is 9.99. The van der Waals surface area contributed by atoms with Crippen molar-refractivity contribution in [3.8, 4) is 0 Å². The summed E-state index contributed by atoms with van der Waals surface area (Å²) in [7, 11) is 0. The molecule has 4 rings (SSSR count). The molecule has 1 N–H and O–H groups in total. The standard InChI is InChI=1S/C21H24N2O2S/c24-20(19-14-16-6-2-3-7-18(16)26-19)22-17-10-8-15(9-11-17)21(25)23-12-4-1-5-13-23/h8-11,14H,1-7,12-13H2,(H,22,24). The van der Waals surface area contributed by atoms with Crippen molar-refractivity contribution in [3.63, 3.8) is 0 Å². The number of anilines is 1. The lowest BCUT2D eigenvalue weighted by Gasteiger charge is -2.26. The first-order chi connectivity index (χ1) is 12.7. The van der Waals surface area contributed by atoms with E-state index in [2.05, 4.69) is 5.32 Å². The highest BCUT2D eigenvalue weighted by atomic mass is 32.1. The lowest BCUT2D eigenvalue weighted by molar-refractivity contribution is 0.0724. The molecule has 2 heterocycles. The SMILES string of the molecule is O=C(Nc1ccc(C(=O)N2CCCCC2)cc1)c1cc2c(s1)CCCC2. The molecule has 1 aromatic heterocycles. The van der Waals surface area contributed by atoms with Crippen LogP contribution in [0.3, 0.4) is 0 Å². The number of piperidine rings is 1. The molecule has 1 aromatic carbocycles. The van der Waals surface area contributed by atoms with E-state index in [1.807, 2.05) is 35.2 Å². The number of nitrogens with zero attached hydrogens (tertiary/aromatic N) is 1. The summed E-state index contributed by atoms with van der Waals surface area (Å²) in [6, 6.07) is 9.31. The smallest absolute Gasteiger partial charge is 0.265 e. The van der Waals surface area contributed by atoms with Gasteiger partial charge in [0.2, 0.25) is 0 Å².